The fraction of sp³-hybridized carbons (Fsp3) is 0.667. The van der Waals surface area contributed by atoms with Gasteiger partial charge in [0.25, 0.3) is 0 Å². The predicted octanol–water partition coefficient (Wildman–Crippen LogP) is 4.28. The highest BCUT2D eigenvalue weighted by molar-refractivity contribution is 5.75. The van der Waals surface area contributed by atoms with Crippen LogP contribution in [0.3, 0.4) is 0 Å². The van der Waals surface area contributed by atoms with E-state index in [9.17, 15) is 4.79 Å². The van der Waals surface area contributed by atoms with Crippen LogP contribution in [0.4, 0.5) is 10.5 Å². The Kier molecular flexibility index (Phi) is 8.59. The molecule has 1 atom stereocenters. The van der Waals surface area contributed by atoms with Gasteiger partial charge in [-0.05, 0) is 32.4 Å². The second-order valence-corrected chi connectivity index (χ2v) is 7.07. The Hall–Kier alpha value is -1.91. The molecule has 1 aliphatic heterocycles. The Labute approximate surface area is 158 Å². The van der Waals surface area contributed by atoms with Crippen molar-refractivity contribution >= 4 is 11.7 Å². The van der Waals surface area contributed by atoms with E-state index in [2.05, 4.69) is 30.1 Å². The van der Waals surface area contributed by atoms with Crippen molar-refractivity contribution < 1.29 is 9.53 Å². The molecule has 1 fully saturated rings. The minimum absolute atomic E-state index is 0.0748. The van der Waals surface area contributed by atoms with Crippen LogP contribution in [0.5, 0.6) is 5.75 Å². The molecule has 0 spiro atoms. The molecule has 0 aliphatic carbocycles. The number of carbonyl (C=O) groups is 1. The number of para-hydroxylation sites is 2. The van der Waals surface area contributed by atoms with Crippen LogP contribution >= 0.6 is 0 Å². The zero-order valence-electron chi connectivity index (χ0n) is 16.7. The van der Waals surface area contributed by atoms with Gasteiger partial charge in [-0.2, -0.15) is 0 Å². The molecule has 26 heavy (non-hydrogen) atoms. The van der Waals surface area contributed by atoms with E-state index in [1.807, 2.05) is 30.0 Å². The van der Waals surface area contributed by atoms with Crippen molar-refractivity contribution in [1.29, 1.82) is 0 Å². The normalized spacial score (nSPS) is 15.7. The molecule has 0 aromatic heterocycles. The van der Waals surface area contributed by atoms with Crippen molar-refractivity contribution in [2.45, 2.75) is 58.9 Å². The average molecular weight is 362 g/mol. The molecule has 2 amide bonds. The number of piperazine rings is 1. The number of ether oxygens (including phenoxy) is 1. The highest BCUT2D eigenvalue weighted by Crippen LogP contribution is 2.28. The van der Waals surface area contributed by atoms with E-state index < -0.39 is 0 Å². The van der Waals surface area contributed by atoms with Gasteiger partial charge in [0, 0.05) is 32.2 Å². The molecule has 5 nitrogen and oxygen atoms in total. The van der Waals surface area contributed by atoms with Crippen LogP contribution < -0.4 is 15.0 Å². The van der Waals surface area contributed by atoms with Crippen molar-refractivity contribution in [3.8, 4) is 5.75 Å². The van der Waals surface area contributed by atoms with Gasteiger partial charge in [0.2, 0.25) is 0 Å². The average Bonchev–Trinajstić information content (AvgIpc) is 2.66. The first-order valence-electron chi connectivity index (χ1n) is 10.2. The molecule has 0 radical (unpaired) electrons. The van der Waals surface area contributed by atoms with Gasteiger partial charge in [0.15, 0.2) is 0 Å². The summed E-state index contributed by atoms with van der Waals surface area (Å²) in [6.07, 6.45) is 6.04. The molecule has 1 heterocycles. The van der Waals surface area contributed by atoms with Crippen molar-refractivity contribution in [3.05, 3.63) is 24.3 Å². The quantitative estimate of drug-likeness (QED) is 0.668. The van der Waals surface area contributed by atoms with Crippen LogP contribution in [0.25, 0.3) is 0 Å². The Bertz CT molecular complexity index is 542. The largest absolute Gasteiger partial charge is 0.492 e. The number of benzene rings is 1. The van der Waals surface area contributed by atoms with E-state index in [4.69, 9.17) is 4.74 Å². The van der Waals surface area contributed by atoms with Crippen LogP contribution in [0, 0.1) is 0 Å². The third-order valence-electron chi connectivity index (χ3n) is 4.93. The summed E-state index contributed by atoms with van der Waals surface area (Å²) in [4.78, 5) is 16.7. The topological polar surface area (TPSA) is 44.8 Å². The van der Waals surface area contributed by atoms with Crippen LogP contribution in [0.1, 0.15) is 52.9 Å². The zero-order chi connectivity index (χ0) is 18.8. The second kappa shape index (κ2) is 10.9. The molecular formula is C21H35N3O2. The summed E-state index contributed by atoms with van der Waals surface area (Å²) in [5, 5.41) is 3.16. The fourth-order valence-corrected chi connectivity index (χ4v) is 3.40. The number of carbonyl (C=O) groups excluding carboxylic acids is 1. The van der Waals surface area contributed by atoms with E-state index >= 15 is 0 Å². The van der Waals surface area contributed by atoms with Crippen LogP contribution in [0.15, 0.2) is 24.3 Å². The lowest BCUT2D eigenvalue weighted by Crippen LogP contribution is -2.53. The number of nitrogens with one attached hydrogen (secondary N) is 1. The third-order valence-corrected chi connectivity index (χ3v) is 4.93. The van der Waals surface area contributed by atoms with Gasteiger partial charge >= 0.3 is 6.03 Å². The molecule has 0 unspecified atom stereocenters. The molecule has 2 rings (SSSR count). The summed E-state index contributed by atoms with van der Waals surface area (Å²) in [6, 6.07) is 8.47. The van der Waals surface area contributed by atoms with Crippen molar-refractivity contribution in [1.82, 2.24) is 10.2 Å². The molecule has 0 bridgehead atoms. The zero-order valence-corrected chi connectivity index (χ0v) is 16.7. The molecule has 1 aromatic rings. The minimum atomic E-state index is 0.0748. The lowest BCUT2D eigenvalue weighted by Gasteiger charge is -2.37. The third kappa shape index (κ3) is 6.11. The van der Waals surface area contributed by atoms with Crippen LogP contribution in [-0.2, 0) is 0 Å². The molecule has 5 heteroatoms. The first-order chi connectivity index (χ1) is 12.7. The highest BCUT2D eigenvalue weighted by atomic mass is 16.5. The maximum atomic E-state index is 12.5. The summed E-state index contributed by atoms with van der Waals surface area (Å²) in [5.41, 5.74) is 1.12. The standard InChI is InChI=1S/C21H35N3O2/c1-4-6-7-8-11-18(3)22-21(25)24-16-14-23(15-17-24)19-12-9-10-13-20(19)26-5-2/h9-10,12-13,18H,4-8,11,14-17H2,1-3H3,(H,22,25)/t18-/m1/s1. The smallest absolute Gasteiger partial charge is 0.317 e. The monoisotopic (exact) mass is 361 g/mol. The van der Waals surface area contributed by atoms with Crippen molar-refractivity contribution in [2.75, 3.05) is 37.7 Å². The number of hydrogen-bond acceptors (Lipinski definition) is 3. The number of rotatable bonds is 9. The summed E-state index contributed by atoms with van der Waals surface area (Å²) >= 11 is 0. The molecular weight excluding hydrogens is 326 g/mol. The van der Waals surface area contributed by atoms with Crippen molar-refractivity contribution in [3.63, 3.8) is 0 Å². The van der Waals surface area contributed by atoms with Gasteiger partial charge in [-0.15, -0.1) is 0 Å². The van der Waals surface area contributed by atoms with Gasteiger partial charge in [-0.3, -0.25) is 0 Å². The fourth-order valence-electron chi connectivity index (χ4n) is 3.40. The second-order valence-electron chi connectivity index (χ2n) is 7.07. The van der Waals surface area contributed by atoms with Crippen LogP contribution in [-0.4, -0.2) is 49.8 Å². The van der Waals surface area contributed by atoms with E-state index in [-0.39, 0.29) is 12.1 Å². The van der Waals surface area contributed by atoms with E-state index in [1.54, 1.807) is 0 Å². The number of hydrogen-bond donors (Lipinski definition) is 1. The maximum Gasteiger partial charge on any atom is 0.317 e. The highest BCUT2D eigenvalue weighted by Gasteiger charge is 2.23. The summed E-state index contributed by atoms with van der Waals surface area (Å²) in [7, 11) is 0. The number of anilines is 1. The maximum absolute atomic E-state index is 12.5. The van der Waals surface area contributed by atoms with Crippen LogP contribution in [0.2, 0.25) is 0 Å². The van der Waals surface area contributed by atoms with Gasteiger partial charge in [-0.25, -0.2) is 4.79 Å². The Morgan fingerprint density at radius 2 is 1.85 bits per heavy atom. The Morgan fingerprint density at radius 3 is 2.54 bits per heavy atom. The minimum Gasteiger partial charge on any atom is -0.492 e. The number of urea groups is 1. The predicted molar refractivity (Wildman–Crippen MR) is 108 cm³/mol. The van der Waals surface area contributed by atoms with Gasteiger partial charge in [-0.1, -0.05) is 44.7 Å². The summed E-state index contributed by atoms with van der Waals surface area (Å²) in [5.74, 6) is 0.925. The number of nitrogens with zero attached hydrogens (tertiary/aromatic N) is 2. The Morgan fingerprint density at radius 1 is 1.12 bits per heavy atom. The SMILES string of the molecule is CCCCCC[C@@H](C)NC(=O)N1CCN(c2ccccc2OCC)CC1. The Balaban J connectivity index is 1.78. The van der Waals surface area contributed by atoms with E-state index in [1.165, 1.54) is 25.7 Å². The molecule has 146 valence electrons. The first kappa shape index (κ1) is 20.4. The lowest BCUT2D eigenvalue weighted by atomic mass is 10.1. The molecule has 1 aromatic carbocycles. The molecule has 1 aliphatic rings. The van der Waals surface area contributed by atoms with E-state index in [0.29, 0.717) is 6.61 Å². The molecule has 0 saturated carbocycles. The van der Waals surface area contributed by atoms with Crippen molar-refractivity contribution in [2.24, 2.45) is 0 Å². The number of unbranched alkanes of at least 4 members (excludes halogenated alkanes) is 3. The molecule has 1 saturated heterocycles. The first-order valence-corrected chi connectivity index (χ1v) is 10.2. The van der Waals surface area contributed by atoms with Gasteiger partial charge < -0.3 is 19.9 Å². The summed E-state index contributed by atoms with van der Waals surface area (Å²) in [6.45, 7) is 10.2. The molecule has 1 N–H and O–H groups in total. The van der Waals surface area contributed by atoms with Gasteiger partial charge in [0.1, 0.15) is 5.75 Å². The van der Waals surface area contributed by atoms with E-state index in [0.717, 1.165) is 44.0 Å². The number of amides is 2. The van der Waals surface area contributed by atoms with Gasteiger partial charge in [0.05, 0.1) is 12.3 Å². The summed E-state index contributed by atoms with van der Waals surface area (Å²) < 4.78 is 5.74. The lowest BCUT2D eigenvalue weighted by molar-refractivity contribution is 0.190.